The first-order chi connectivity index (χ1) is 14.5. The van der Waals surface area contributed by atoms with Crippen LogP contribution in [0.3, 0.4) is 0 Å². The lowest BCUT2D eigenvalue weighted by Gasteiger charge is -2.28. The van der Waals surface area contributed by atoms with Gasteiger partial charge in [-0.05, 0) is 35.9 Å². The molecular formula is C22H18ClN3O2S2. The van der Waals surface area contributed by atoms with E-state index in [2.05, 4.69) is 9.55 Å². The first kappa shape index (κ1) is 19.5. The zero-order valence-corrected chi connectivity index (χ0v) is 18.3. The number of hydrogen-bond acceptors (Lipinski definition) is 4. The number of halogens is 1. The summed E-state index contributed by atoms with van der Waals surface area (Å²) < 4.78 is 30.5. The average Bonchev–Trinajstić information content (AvgIpc) is 3.39. The standard InChI is InChI=1S/C22H18ClN3O2S2/c23-18-14-17-15-25(12-13-26(17)22(18)16-6-2-1-3-7-16)30(27,28)21-10-9-20(29-21)19-8-4-5-11-24-19/h1-11,14H,12-13,15H2. The Bertz CT molecular complexity index is 1300. The van der Waals surface area contributed by atoms with E-state index in [1.165, 1.54) is 15.6 Å². The van der Waals surface area contributed by atoms with Crippen molar-refractivity contribution >= 4 is 33.0 Å². The number of fused-ring (bicyclic) bond motifs is 1. The van der Waals surface area contributed by atoms with Crippen LogP contribution in [0.15, 0.2) is 77.1 Å². The monoisotopic (exact) mass is 455 g/mol. The van der Waals surface area contributed by atoms with Crippen LogP contribution < -0.4 is 0 Å². The Hall–Kier alpha value is -2.45. The second-order valence-corrected chi connectivity index (χ2v) is 10.7. The molecule has 1 aliphatic heterocycles. The van der Waals surface area contributed by atoms with Crippen LogP contribution in [0.4, 0.5) is 0 Å². The van der Waals surface area contributed by atoms with E-state index in [-0.39, 0.29) is 0 Å². The minimum Gasteiger partial charge on any atom is -0.341 e. The molecule has 4 heterocycles. The third kappa shape index (κ3) is 3.37. The van der Waals surface area contributed by atoms with Crippen LogP contribution in [0.1, 0.15) is 5.69 Å². The fourth-order valence-electron chi connectivity index (χ4n) is 3.75. The van der Waals surface area contributed by atoms with Crippen LogP contribution >= 0.6 is 22.9 Å². The SMILES string of the molecule is O=S(=O)(c1ccc(-c2ccccn2)s1)N1CCn2c(cc(Cl)c2-c2ccccc2)C1. The van der Waals surface area contributed by atoms with Crippen molar-refractivity contribution in [1.82, 2.24) is 13.9 Å². The summed E-state index contributed by atoms with van der Waals surface area (Å²) in [6, 6.07) is 20.9. The van der Waals surface area contributed by atoms with Crippen molar-refractivity contribution in [3.8, 4) is 21.8 Å². The number of benzene rings is 1. The number of hydrogen-bond donors (Lipinski definition) is 0. The normalized spacial score (nSPS) is 14.6. The lowest BCUT2D eigenvalue weighted by molar-refractivity contribution is 0.344. The van der Waals surface area contributed by atoms with Gasteiger partial charge in [-0.1, -0.05) is 48.0 Å². The van der Waals surface area contributed by atoms with Crippen molar-refractivity contribution in [3.63, 3.8) is 0 Å². The smallest absolute Gasteiger partial charge is 0.252 e. The summed E-state index contributed by atoms with van der Waals surface area (Å²) in [5.41, 5.74) is 3.65. The van der Waals surface area contributed by atoms with Crippen molar-refractivity contribution in [2.24, 2.45) is 0 Å². The number of nitrogens with zero attached hydrogens (tertiary/aromatic N) is 3. The van der Waals surface area contributed by atoms with Crippen LogP contribution in [0.2, 0.25) is 5.02 Å². The third-order valence-corrected chi connectivity index (χ3v) is 8.90. The van der Waals surface area contributed by atoms with Crippen LogP contribution in [-0.2, 0) is 23.1 Å². The van der Waals surface area contributed by atoms with E-state index in [0.29, 0.717) is 28.9 Å². The van der Waals surface area contributed by atoms with Gasteiger partial charge in [0.15, 0.2) is 0 Å². The Morgan fingerprint density at radius 1 is 0.967 bits per heavy atom. The van der Waals surface area contributed by atoms with Crippen molar-refractivity contribution in [2.45, 2.75) is 17.3 Å². The van der Waals surface area contributed by atoms with Crippen molar-refractivity contribution in [3.05, 3.63) is 83.6 Å². The topological polar surface area (TPSA) is 55.2 Å². The summed E-state index contributed by atoms with van der Waals surface area (Å²) >= 11 is 7.77. The zero-order chi connectivity index (χ0) is 20.7. The van der Waals surface area contributed by atoms with Gasteiger partial charge in [-0.25, -0.2) is 8.42 Å². The molecule has 0 atom stereocenters. The first-order valence-corrected chi connectivity index (χ1v) is 12.1. The lowest BCUT2D eigenvalue weighted by Crippen LogP contribution is -2.37. The number of aromatic nitrogens is 2. The molecule has 0 saturated carbocycles. The highest BCUT2D eigenvalue weighted by atomic mass is 35.5. The second-order valence-electron chi connectivity index (χ2n) is 7.02. The molecule has 0 aliphatic carbocycles. The van der Waals surface area contributed by atoms with Gasteiger partial charge in [0, 0.05) is 25.0 Å². The van der Waals surface area contributed by atoms with Crippen LogP contribution in [0, 0.1) is 0 Å². The van der Waals surface area contributed by atoms with Gasteiger partial charge >= 0.3 is 0 Å². The molecule has 0 fully saturated rings. The Morgan fingerprint density at radius 2 is 1.77 bits per heavy atom. The molecule has 8 heteroatoms. The van der Waals surface area contributed by atoms with E-state index in [1.54, 1.807) is 12.3 Å². The lowest BCUT2D eigenvalue weighted by atomic mass is 10.1. The average molecular weight is 456 g/mol. The zero-order valence-electron chi connectivity index (χ0n) is 15.9. The fraction of sp³-hybridized carbons (Fsp3) is 0.136. The molecule has 0 radical (unpaired) electrons. The third-order valence-electron chi connectivity index (χ3n) is 5.19. The molecule has 30 heavy (non-hydrogen) atoms. The summed E-state index contributed by atoms with van der Waals surface area (Å²) in [4.78, 5) is 5.15. The number of pyridine rings is 1. The molecule has 4 aromatic rings. The molecule has 0 spiro atoms. The van der Waals surface area contributed by atoms with Crippen molar-refractivity contribution in [2.75, 3.05) is 6.54 Å². The fourth-order valence-corrected chi connectivity index (χ4v) is 6.93. The predicted octanol–water partition coefficient (Wildman–Crippen LogP) is 5.14. The largest absolute Gasteiger partial charge is 0.341 e. The van der Waals surface area contributed by atoms with Gasteiger partial charge in [-0.2, -0.15) is 4.31 Å². The molecule has 0 bridgehead atoms. The molecule has 0 amide bonds. The van der Waals surface area contributed by atoms with E-state index in [1.807, 2.05) is 60.7 Å². The molecular weight excluding hydrogens is 438 g/mol. The minimum atomic E-state index is -3.59. The molecule has 5 nitrogen and oxygen atoms in total. The van der Waals surface area contributed by atoms with Gasteiger partial charge < -0.3 is 4.57 Å². The van der Waals surface area contributed by atoms with E-state index >= 15 is 0 Å². The molecule has 152 valence electrons. The van der Waals surface area contributed by atoms with Crippen molar-refractivity contribution in [1.29, 1.82) is 0 Å². The van der Waals surface area contributed by atoms with Crippen LogP contribution in [0.5, 0.6) is 0 Å². The van der Waals surface area contributed by atoms with E-state index in [4.69, 9.17) is 11.6 Å². The van der Waals surface area contributed by atoms with Gasteiger partial charge in [-0.3, -0.25) is 4.98 Å². The number of rotatable bonds is 4. The maximum absolute atomic E-state index is 13.3. The Balaban J connectivity index is 1.44. The van der Waals surface area contributed by atoms with Crippen LogP contribution in [-0.4, -0.2) is 28.8 Å². The highest BCUT2D eigenvalue weighted by Gasteiger charge is 2.31. The van der Waals surface area contributed by atoms with Gasteiger partial charge in [0.05, 0.1) is 27.8 Å². The van der Waals surface area contributed by atoms with E-state index in [0.717, 1.165) is 27.5 Å². The van der Waals surface area contributed by atoms with E-state index < -0.39 is 10.0 Å². The van der Waals surface area contributed by atoms with Crippen molar-refractivity contribution < 1.29 is 8.42 Å². The minimum absolute atomic E-state index is 0.297. The van der Waals surface area contributed by atoms with Gasteiger partial charge in [0.1, 0.15) is 4.21 Å². The first-order valence-electron chi connectivity index (χ1n) is 9.49. The summed E-state index contributed by atoms with van der Waals surface area (Å²) in [6.07, 6.45) is 1.70. The quantitative estimate of drug-likeness (QED) is 0.428. The molecule has 5 rings (SSSR count). The number of sulfonamides is 1. The summed E-state index contributed by atoms with van der Waals surface area (Å²) in [5, 5.41) is 0.643. The Kier molecular flexibility index (Phi) is 4.99. The van der Waals surface area contributed by atoms with Gasteiger partial charge in [-0.15, -0.1) is 11.3 Å². The molecule has 1 aromatic carbocycles. The summed E-state index contributed by atoms with van der Waals surface area (Å²) in [6.45, 7) is 1.26. The van der Waals surface area contributed by atoms with E-state index in [9.17, 15) is 8.42 Å². The summed E-state index contributed by atoms with van der Waals surface area (Å²) in [7, 11) is -3.59. The molecule has 0 unspecified atom stereocenters. The molecule has 0 saturated heterocycles. The van der Waals surface area contributed by atoms with Crippen LogP contribution in [0.25, 0.3) is 21.8 Å². The maximum atomic E-state index is 13.3. The highest BCUT2D eigenvalue weighted by Crippen LogP contribution is 2.36. The van der Waals surface area contributed by atoms with Gasteiger partial charge in [0.25, 0.3) is 10.0 Å². The Labute approximate surface area is 184 Å². The second kappa shape index (κ2) is 7.67. The summed E-state index contributed by atoms with van der Waals surface area (Å²) in [5.74, 6) is 0. The molecule has 1 aliphatic rings. The molecule has 0 N–H and O–H groups in total. The van der Waals surface area contributed by atoms with Gasteiger partial charge in [0.2, 0.25) is 0 Å². The predicted molar refractivity (Wildman–Crippen MR) is 120 cm³/mol. The molecule has 3 aromatic heterocycles. The number of thiophene rings is 1. The Morgan fingerprint density at radius 3 is 2.53 bits per heavy atom. The maximum Gasteiger partial charge on any atom is 0.252 e. The highest BCUT2D eigenvalue weighted by molar-refractivity contribution is 7.91.